The van der Waals surface area contributed by atoms with Crippen LogP contribution in [0.1, 0.15) is 22.8 Å². The summed E-state index contributed by atoms with van der Waals surface area (Å²) in [6, 6.07) is 2.82. The molecule has 5 nitrogen and oxygen atoms in total. The van der Waals surface area contributed by atoms with Crippen molar-refractivity contribution in [2.75, 3.05) is 6.61 Å². The van der Waals surface area contributed by atoms with E-state index in [9.17, 15) is 14.9 Å². The summed E-state index contributed by atoms with van der Waals surface area (Å²) in [5.74, 6) is -0.736. The SMILES string of the molecule is CCOC(=O)c1cc(C)cc(Cl)c1[N+](=O)[O-]. The van der Waals surface area contributed by atoms with E-state index < -0.39 is 16.6 Å². The Kier molecular flexibility index (Phi) is 3.84. The Morgan fingerprint density at radius 1 is 1.56 bits per heavy atom. The van der Waals surface area contributed by atoms with Gasteiger partial charge in [-0.2, -0.15) is 0 Å². The highest BCUT2D eigenvalue weighted by molar-refractivity contribution is 6.33. The minimum atomic E-state index is -0.736. The monoisotopic (exact) mass is 243 g/mol. The molecule has 0 aliphatic carbocycles. The van der Waals surface area contributed by atoms with Gasteiger partial charge in [0.25, 0.3) is 0 Å². The molecule has 0 fully saturated rings. The second-order valence-corrected chi connectivity index (χ2v) is 3.53. The molecular weight excluding hydrogens is 234 g/mol. The zero-order valence-electron chi connectivity index (χ0n) is 8.82. The predicted molar refractivity (Wildman–Crippen MR) is 58.8 cm³/mol. The Morgan fingerprint density at radius 3 is 2.69 bits per heavy atom. The molecule has 0 aromatic heterocycles. The summed E-state index contributed by atoms with van der Waals surface area (Å²) >= 11 is 5.72. The molecule has 0 atom stereocenters. The van der Waals surface area contributed by atoms with E-state index >= 15 is 0 Å². The van der Waals surface area contributed by atoms with Crippen molar-refractivity contribution in [3.63, 3.8) is 0 Å². The molecule has 0 N–H and O–H groups in total. The summed E-state index contributed by atoms with van der Waals surface area (Å²) in [4.78, 5) is 21.6. The Bertz CT molecular complexity index is 445. The van der Waals surface area contributed by atoms with E-state index in [1.165, 1.54) is 12.1 Å². The quantitative estimate of drug-likeness (QED) is 0.465. The fourth-order valence-corrected chi connectivity index (χ4v) is 1.63. The lowest BCUT2D eigenvalue weighted by molar-refractivity contribution is -0.385. The predicted octanol–water partition coefficient (Wildman–Crippen LogP) is 2.73. The number of rotatable bonds is 3. The number of carbonyl (C=O) groups is 1. The lowest BCUT2D eigenvalue weighted by atomic mass is 10.1. The third-order valence-corrected chi connectivity index (χ3v) is 2.17. The van der Waals surface area contributed by atoms with Gasteiger partial charge in [0.15, 0.2) is 0 Å². The molecule has 0 aliphatic heterocycles. The highest BCUT2D eigenvalue weighted by atomic mass is 35.5. The lowest BCUT2D eigenvalue weighted by Gasteiger charge is -2.05. The number of esters is 1. The molecule has 0 radical (unpaired) electrons. The van der Waals surface area contributed by atoms with Crippen molar-refractivity contribution < 1.29 is 14.5 Å². The first kappa shape index (κ1) is 12.4. The van der Waals surface area contributed by atoms with E-state index in [4.69, 9.17) is 16.3 Å². The van der Waals surface area contributed by atoms with E-state index in [-0.39, 0.29) is 17.2 Å². The summed E-state index contributed by atoms with van der Waals surface area (Å²) in [5.41, 5.74) is 0.140. The number of hydrogen-bond acceptors (Lipinski definition) is 4. The van der Waals surface area contributed by atoms with Gasteiger partial charge < -0.3 is 4.74 Å². The van der Waals surface area contributed by atoms with Crippen molar-refractivity contribution in [1.29, 1.82) is 0 Å². The van der Waals surface area contributed by atoms with Gasteiger partial charge in [-0.05, 0) is 31.5 Å². The second-order valence-electron chi connectivity index (χ2n) is 3.12. The molecule has 0 spiro atoms. The van der Waals surface area contributed by atoms with Crippen molar-refractivity contribution >= 4 is 23.3 Å². The van der Waals surface area contributed by atoms with Crippen molar-refractivity contribution in [3.05, 3.63) is 38.4 Å². The number of aryl methyl sites for hydroxylation is 1. The van der Waals surface area contributed by atoms with Crippen LogP contribution in [0.5, 0.6) is 0 Å². The maximum atomic E-state index is 11.5. The van der Waals surface area contributed by atoms with Gasteiger partial charge in [0.2, 0.25) is 0 Å². The Balaban J connectivity index is 3.35. The first-order chi connectivity index (χ1) is 7.47. The zero-order valence-corrected chi connectivity index (χ0v) is 9.58. The van der Waals surface area contributed by atoms with Crippen LogP contribution < -0.4 is 0 Å². The van der Waals surface area contributed by atoms with Gasteiger partial charge in [0.05, 0.1) is 11.5 Å². The van der Waals surface area contributed by atoms with Gasteiger partial charge in [0.1, 0.15) is 10.6 Å². The third kappa shape index (κ3) is 2.49. The van der Waals surface area contributed by atoms with Crippen molar-refractivity contribution in [2.45, 2.75) is 13.8 Å². The maximum Gasteiger partial charge on any atom is 0.345 e. The average Bonchev–Trinajstić information content (AvgIpc) is 2.15. The maximum absolute atomic E-state index is 11.5. The van der Waals surface area contributed by atoms with Crippen LogP contribution >= 0.6 is 11.6 Å². The van der Waals surface area contributed by atoms with Gasteiger partial charge in [-0.15, -0.1) is 0 Å². The van der Waals surface area contributed by atoms with Crippen LogP contribution in [0.15, 0.2) is 12.1 Å². The molecule has 1 aromatic carbocycles. The molecular formula is C10H10ClNO4. The van der Waals surface area contributed by atoms with Gasteiger partial charge in [0, 0.05) is 0 Å². The molecule has 0 saturated heterocycles. The highest BCUT2D eigenvalue weighted by Gasteiger charge is 2.25. The number of carbonyl (C=O) groups excluding carboxylic acids is 1. The van der Waals surface area contributed by atoms with E-state index in [1.807, 2.05) is 0 Å². The van der Waals surface area contributed by atoms with E-state index in [0.29, 0.717) is 5.56 Å². The smallest absolute Gasteiger partial charge is 0.345 e. The molecule has 1 aromatic rings. The number of benzene rings is 1. The molecule has 0 heterocycles. The molecule has 0 aliphatic rings. The van der Waals surface area contributed by atoms with Crippen LogP contribution in [0.3, 0.4) is 0 Å². The molecule has 16 heavy (non-hydrogen) atoms. The number of halogens is 1. The minimum Gasteiger partial charge on any atom is -0.462 e. The largest absolute Gasteiger partial charge is 0.462 e. The molecule has 0 unspecified atom stereocenters. The minimum absolute atomic E-state index is 0.0620. The average molecular weight is 244 g/mol. The Morgan fingerprint density at radius 2 is 2.19 bits per heavy atom. The van der Waals surface area contributed by atoms with Crippen molar-refractivity contribution in [1.82, 2.24) is 0 Å². The van der Waals surface area contributed by atoms with E-state index in [0.717, 1.165) is 0 Å². The summed E-state index contributed by atoms with van der Waals surface area (Å²) in [7, 11) is 0. The summed E-state index contributed by atoms with van der Waals surface area (Å²) < 4.78 is 4.73. The number of nitro groups is 1. The van der Waals surface area contributed by atoms with Gasteiger partial charge in [-0.3, -0.25) is 10.1 Å². The first-order valence-corrected chi connectivity index (χ1v) is 4.96. The Hall–Kier alpha value is -1.62. The molecule has 0 bridgehead atoms. The van der Waals surface area contributed by atoms with Crippen LogP contribution in [-0.4, -0.2) is 17.5 Å². The fourth-order valence-electron chi connectivity index (χ4n) is 1.28. The van der Waals surface area contributed by atoms with Crippen molar-refractivity contribution in [2.24, 2.45) is 0 Å². The van der Waals surface area contributed by atoms with Crippen LogP contribution in [0.25, 0.3) is 0 Å². The number of nitro benzene ring substituents is 1. The fraction of sp³-hybridized carbons (Fsp3) is 0.300. The summed E-state index contributed by atoms with van der Waals surface area (Å²) in [6.45, 7) is 3.47. The topological polar surface area (TPSA) is 69.4 Å². The summed E-state index contributed by atoms with van der Waals surface area (Å²) in [6.07, 6.45) is 0. The molecule has 1 rings (SSSR count). The van der Waals surface area contributed by atoms with Gasteiger partial charge in [-0.25, -0.2) is 4.79 Å². The standard InChI is InChI=1S/C10H10ClNO4/c1-3-16-10(13)7-4-6(2)5-8(11)9(7)12(14)15/h4-5H,3H2,1-2H3. The van der Waals surface area contributed by atoms with Crippen molar-refractivity contribution in [3.8, 4) is 0 Å². The number of ether oxygens (including phenoxy) is 1. The van der Waals surface area contributed by atoms with Gasteiger partial charge in [-0.1, -0.05) is 11.6 Å². The number of hydrogen-bond donors (Lipinski definition) is 0. The first-order valence-electron chi connectivity index (χ1n) is 4.59. The molecule has 86 valence electrons. The third-order valence-electron chi connectivity index (χ3n) is 1.89. The zero-order chi connectivity index (χ0) is 12.3. The summed E-state index contributed by atoms with van der Waals surface area (Å²) in [5, 5.41) is 10.7. The van der Waals surface area contributed by atoms with Crippen LogP contribution in [0.4, 0.5) is 5.69 Å². The molecule has 0 amide bonds. The molecule has 0 saturated carbocycles. The van der Waals surface area contributed by atoms with Crippen LogP contribution in [0.2, 0.25) is 5.02 Å². The highest BCUT2D eigenvalue weighted by Crippen LogP contribution is 2.30. The Labute approximate surface area is 97.1 Å². The lowest BCUT2D eigenvalue weighted by Crippen LogP contribution is -2.08. The van der Waals surface area contributed by atoms with Gasteiger partial charge >= 0.3 is 11.7 Å². The van der Waals surface area contributed by atoms with Crippen LogP contribution in [-0.2, 0) is 4.74 Å². The van der Waals surface area contributed by atoms with E-state index in [2.05, 4.69) is 0 Å². The molecule has 6 heteroatoms. The normalized spacial score (nSPS) is 9.94. The number of nitrogens with zero attached hydrogens (tertiary/aromatic N) is 1. The van der Waals surface area contributed by atoms with Crippen LogP contribution in [0, 0.1) is 17.0 Å². The van der Waals surface area contributed by atoms with E-state index in [1.54, 1.807) is 13.8 Å². The second kappa shape index (κ2) is 4.94.